The molecule has 1 aromatic rings. The molecule has 0 saturated heterocycles. The van der Waals surface area contributed by atoms with E-state index in [1.807, 2.05) is 6.92 Å². The summed E-state index contributed by atoms with van der Waals surface area (Å²) < 4.78 is 5.26. The molecule has 0 aromatic carbocycles. The van der Waals surface area contributed by atoms with Crippen LogP contribution in [-0.4, -0.2) is 16.1 Å². The molecule has 0 aliphatic heterocycles. The summed E-state index contributed by atoms with van der Waals surface area (Å²) in [5.41, 5.74) is 6.41. The maximum absolute atomic E-state index is 9.72. The number of hydrogen-bond acceptors (Lipinski definition) is 4. The van der Waals surface area contributed by atoms with Crippen LogP contribution in [0.1, 0.15) is 36.8 Å². The first-order valence-corrected chi connectivity index (χ1v) is 4.43. The van der Waals surface area contributed by atoms with Gasteiger partial charge in [0, 0.05) is 13.0 Å². The Morgan fingerprint density at radius 3 is 2.54 bits per heavy atom. The number of aliphatic hydroxyl groups excluding tert-OH is 1. The lowest BCUT2D eigenvalue weighted by atomic mass is 10.1. The fourth-order valence-corrected chi connectivity index (χ4v) is 1.24. The van der Waals surface area contributed by atoms with Crippen molar-refractivity contribution in [3.63, 3.8) is 0 Å². The van der Waals surface area contributed by atoms with Gasteiger partial charge in [-0.05, 0) is 13.3 Å². The van der Waals surface area contributed by atoms with Crippen LogP contribution in [0.15, 0.2) is 4.42 Å². The van der Waals surface area contributed by atoms with Crippen LogP contribution >= 0.6 is 0 Å². The number of aliphatic hydroxyl groups is 1. The van der Waals surface area contributed by atoms with Crippen molar-refractivity contribution in [1.82, 2.24) is 4.98 Å². The van der Waals surface area contributed by atoms with Gasteiger partial charge in [0.2, 0.25) is 0 Å². The normalized spacial score (nSPS) is 15.8. The Kier molecular flexibility index (Phi) is 3.06. The van der Waals surface area contributed by atoms with Gasteiger partial charge in [-0.25, -0.2) is 4.98 Å². The lowest BCUT2D eigenvalue weighted by molar-refractivity contribution is 0.117. The SMILES string of the molecule is CCC(N)C(O)c1oc(C)nc1C. The summed E-state index contributed by atoms with van der Waals surface area (Å²) in [6, 6.07) is -0.286. The Balaban J connectivity index is 2.87. The molecule has 74 valence electrons. The van der Waals surface area contributed by atoms with Gasteiger partial charge in [-0.3, -0.25) is 0 Å². The van der Waals surface area contributed by atoms with Crippen molar-refractivity contribution in [2.24, 2.45) is 5.73 Å². The summed E-state index contributed by atoms with van der Waals surface area (Å²) in [5, 5.41) is 9.72. The molecule has 2 atom stereocenters. The molecular formula is C9H16N2O2. The fourth-order valence-electron chi connectivity index (χ4n) is 1.24. The Labute approximate surface area is 77.8 Å². The predicted octanol–water partition coefficient (Wildman–Crippen LogP) is 1.06. The first kappa shape index (κ1) is 10.2. The van der Waals surface area contributed by atoms with Crippen LogP contribution < -0.4 is 5.73 Å². The molecule has 0 radical (unpaired) electrons. The van der Waals surface area contributed by atoms with Crippen molar-refractivity contribution in [3.8, 4) is 0 Å². The standard InChI is InChI=1S/C9H16N2O2/c1-4-7(10)8(12)9-5(2)11-6(3)13-9/h7-8,12H,4,10H2,1-3H3. The van der Waals surface area contributed by atoms with Crippen molar-refractivity contribution in [3.05, 3.63) is 17.3 Å². The van der Waals surface area contributed by atoms with Gasteiger partial charge < -0.3 is 15.3 Å². The van der Waals surface area contributed by atoms with E-state index >= 15 is 0 Å². The van der Waals surface area contributed by atoms with Gasteiger partial charge in [0.05, 0.1) is 5.69 Å². The van der Waals surface area contributed by atoms with Gasteiger partial charge in [-0.2, -0.15) is 0 Å². The van der Waals surface area contributed by atoms with Crippen LogP contribution in [0.4, 0.5) is 0 Å². The zero-order chi connectivity index (χ0) is 10.0. The van der Waals surface area contributed by atoms with Gasteiger partial charge in [-0.15, -0.1) is 0 Å². The van der Waals surface area contributed by atoms with E-state index < -0.39 is 6.10 Å². The molecule has 4 nitrogen and oxygen atoms in total. The van der Waals surface area contributed by atoms with Crippen molar-refractivity contribution in [1.29, 1.82) is 0 Å². The van der Waals surface area contributed by atoms with E-state index in [1.54, 1.807) is 13.8 Å². The van der Waals surface area contributed by atoms with Crippen LogP contribution in [0.3, 0.4) is 0 Å². The third-order valence-corrected chi connectivity index (χ3v) is 2.08. The summed E-state index contributed by atoms with van der Waals surface area (Å²) in [4.78, 5) is 4.07. The van der Waals surface area contributed by atoms with Gasteiger partial charge in [0.1, 0.15) is 6.10 Å². The summed E-state index contributed by atoms with van der Waals surface area (Å²) in [7, 11) is 0. The molecule has 2 unspecified atom stereocenters. The zero-order valence-electron chi connectivity index (χ0n) is 8.24. The lowest BCUT2D eigenvalue weighted by Gasteiger charge is -2.14. The molecule has 1 aromatic heterocycles. The maximum atomic E-state index is 9.72. The molecule has 0 bridgehead atoms. The summed E-state index contributed by atoms with van der Waals surface area (Å²) >= 11 is 0. The van der Waals surface area contributed by atoms with E-state index in [2.05, 4.69) is 4.98 Å². The van der Waals surface area contributed by atoms with Crippen molar-refractivity contribution in [2.45, 2.75) is 39.3 Å². The third-order valence-electron chi connectivity index (χ3n) is 2.08. The largest absolute Gasteiger partial charge is 0.443 e. The molecule has 0 amide bonds. The predicted molar refractivity (Wildman–Crippen MR) is 49.2 cm³/mol. The number of oxazole rings is 1. The first-order chi connectivity index (χ1) is 6.06. The Morgan fingerprint density at radius 2 is 2.15 bits per heavy atom. The van der Waals surface area contributed by atoms with E-state index in [0.717, 1.165) is 0 Å². The highest BCUT2D eigenvalue weighted by atomic mass is 16.4. The fraction of sp³-hybridized carbons (Fsp3) is 0.667. The van der Waals surface area contributed by atoms with Crippen LogP contribution in [0.5, 0.6) is 0 Å². The number of aromatic nitrogens is 1. The van der Waals surface area contributed by atoms with Crippen LogP contribution in [-0.2, 0) is 0 Å². The second-order valence-corrected chi connectivity index (χ2v) is 3.20. The average Bonchev–Trinajstić information content (AvgIpc) is 2.42. The van der Waals surface area contributed by atoms with Crippen LogP contribution in [0.2, 0.25) is 0 Å². The summed E-state index contributed by atoms with van der Waals surface area (Å²) in [5.74, 6) is 1.06. The molecule has 0 spiro atoms. The first-order valence-electron chi connectivity index (χ1n) is 4.43. The molecular weight excluding hydrogens is 168 g/mol. The Bertz CT molecular complexity index is 283. The van der Waals surface area contributed by atoms with Crippen LogP contribution in [0.25, 0.3) is 0 Å². The summed E-state index contributed by atoms with van der Waals surface area (Å²) in [6.07, 6.45) is -0.0356. The van der Waals surface area contributed by atoms with Crippen LogP contribution in [0, 0.1) is 13.8 Å². The number of aryl methyl sites for hydroxylation is 2. The molecule has 0 aliphatic rings. The minimum Gasteiger partial charge on any atom is -0.443 e. The Morgan fingerprint density at radius 1 is 1.54 bits per heavy atom. The monoisotopic (exact) mass is 184 g/mol. The number of nitrogens with two attached hydrogens (primary N) is 1. The lowest BCUT2D eigenvalue weighted by Crippen LogP contribution is -2.27. The van der Waals surface area contributed by atoms with Gasteiger partial charge in [0.15, 0.2) is 11.7 Å². The maximum Gasteiger partial charge on any atom is 0.191 e. The second-order valence-electron chi connectivity index (χ2n) is 3.20. The highest BCUT2D eigenvalue weighted by Crippen LogP contribution is 2.21. The average molecular weight is 184 g/mol. The zero-order valence-corrected chi connectivity index (χ0v) is 8.24. The molecule has 1 heterocycles. The third kappa shape index (κ3) is 2.08. The van der Waals surface area contributed by atoms with E-state index in [4.69, 9.17) is 10.2 Å². The van der Waals surface area contributed by atoms with E-state index in [9.17, 15) is 5.11 Å². The van der Waals surface area contributed by atoms with Gasteiger partial charge in [0.25, 0.3) is 0 Å². The van der Waals surface area contributed by atoms with Crippen molar-refractivity contribution >= 4 is 0 Å². The Hall–Kier alpha value is -0.870. The number of rotatable bonds is 3. The molecule has 3 N–H and O–H groups in total. The number of hydrogen-bond donors (Lipinski definition) is 2. The smallest absolute Gasteiger partial charge is 0.191 e. The minimum absolute atomic E-state index is 0.286. The second kappa shape index (κ2) is 3.89. The highest BCUT2D eigenvalue weighted by Gasteiger charge is 2.21. The summed E-state index contributed by atoms with van der Waals surface area (Å²) in [6.45, 7) is 5.48. The minimum atomic E-state index is -0.744. The molecule has 13 heavy (non-hydrogen) atoms. The quantitative estimate of drug-likeness (QED) is 0.736. The van der Waals surface area contributed by atoms with E-state index in [1.165, 1.54) is 0 Å². The highest BCUT2D eigenvalue weighted by molar-refractivity contribution is 5.11. The molecule has 0 saturated carbocycles. The van der Waals surface area contributed by atoms with Gasteiger partial charge in [-0.1, -0.05) is 6.92 Å². The molecule has 0 aliphatic carbocycles. The van der Waals surface area contributed by atoms with E-state index in [-0.39, 0.29) is 6.04 Å². The van der Waals surface area contributed by atoms with E-state index in [0.29, 0.717) is 23.8 Å². The topological polar surface area (TPSA) is 72.3 Å². The van der Waals surface area contributed by atoms with Crippen molar-refractivity contribution < 1.29 is 9.52 Å². The molecule has 4 heteroatoms. The molecule has 1 rings (SSSR count). The number of nitrogens with zero attached hydrogens (tertiary/aromatic N) is 1. The van der Waals surface area contributed by atoms with Crippen molar-refractivity contribution in [2.75, 3.05) is 0 Å². The molecule has 0 fully saturated rings. The van der Waals surface area contributed by atoms with Gasteiger partial charge >= 0.3 is 0 Å².